The minimum absolute atomic E-state index is 0.662. The van der Waals surface area contributed by atoms with Crippen LogP contribution in [-0.2, 0) is 13.1 Å². The summed E-state index contributed by atoms with van der Waals surface area (Å²) in [6.07, 6.45) is 3.72. The molecule has 0 bridgehead atoms. The van der Waals surface area contributed by atoms with Crippen LogP contribution in [0.3, 0.4) is 0 Å². The van der Waals surface area contributed by atoms with Crippen molar-refractivity contribution in [1.29, 1.82) is 0 Å². The molecule has 6 heteroatoms. The average Bonchev–Trinajstić information content (AvgIpc) is 3.04. The molecule has 1 aromatic carbocycles. The number of aromatic nitrogens is 2. The van der Waals surface area contributed by atoms with E-state index < -0.39 is 0 Å². The number of nitrogens with one attached hydrogen (secondary N) is 1. The van der Waals surface area contributed by atoms with Crippen LogP contribution < -0.4 is 19.5 Å². The van der Waals surface area contributed by atoms with Gasteiger partial charge in [0.2, 0.25) is 0 Å². The van der Waals surface area contributed by atoms with Crippen LogP contribution in [0.4, 0.5) is 0 Å². The predicted molar refractivity (Wildman–Crippen MR) is 80.0 cm³/mol. The Labute approximate surface area is 124 Å². The molecular formula is C15H21N3O3. The van der Waals surface area contributed by atoms with Crippen molar-refractivity contribution in [2.75, 3.05) is 27.9 Å². The average molecular weight is 291 g/mol. The topological polar surface area (TPSA) is 57.5 Å². The van der Waals surface area contributed by atoms with Gasteiger partial charge in [-0.1, -0.05) is 0 Å². The monoisotopic (exact) mass is 291 g/mol. The standard InChI is InChI=1S/C15H21N3O3/c1-19-13-10-15(21-3)14(20-2)9-12(13)11-16-6-8-18-7-4-5-17-18/h4-5,7,9-10,16H,6,8,11H2,1-3H3. The predicted octanol–water partition coefficient (Wildman–Crippen LogP) is 1.70. The number of nitrogens with zero attached hydrogens (tertiary/aromatic N) is 2. The van der Waals surface area contributed by atoms with Crippen molar-refractivity contribution in [3.8, 4) is 17.2 Å². The zero-order valence-corrected chi connectivity index (χ0v) is 12.6. The summed E-state index contributed by atoms with van der Waals surface area (Å²) in [5.74, 6) is 2.14. The fraction of sp³-hybridized carbons (Fsp3) is 0.400. The van der Waals surface area contributed by atoms with Crippen LogP contribution in [0.15, 0.2) is 30.6 Å². The Hall–Kier alpha value is -2.21. The molecule has 6 nitrogen and oxygen atoms in total. The molecule has 0 fully saturated rings. The highest BCUT2D eigenvalue weighted by molar-refractivity contribution is 5.50. The van der Waals surface area contributed by atoms with E-state index >= 15 is 0 Å². The van der Waals surface area contributed by atoms with Crippen LogP contribution in [-0.4, -0.2) is 37.7 Å². The van der Waals surface area contributed by atoms with Gasteiger partial charge in [0.15, 0.2) is 11.5 Å². The first-order valence-electron chi connectivity index (χ1n) is 6.75. The third-order valence-corrected chi connectivity index (χ3v) is 3.18. The Bertz CT molecular complexity index is 556. The molecule has 0 atom stereocenters. The first kappa shape index (κ1) is 15.2. The minimum atomic E-state index is 0.662. The van der Waals surface area contributed by atoms with Gasteiger partial charge in [-0.25, -0.2) is 0 Å². The number of hydrogen-bond acceptors (Lipinski definition) is 5. The van der Waals surface area contributed by atoms with Gasteiger partial charge in [-0.3, -0.25) is 4.68 Å². The molecule has 0 saturated heterocycles. The normalized spacial score (nSPS) is 10.4. The molecule has 0 aliphatic heterocycles. The Kier molecular flexibility index (Phi) is 5.45. The molecule has 0 amide bonds. The first-order valence-corrected chi connectivity index (χ1v) is 6.75. The van der Waals surface area contributed by atoms with Gasteiger partial charge in [-0.05, 0) is 12.1 Å². The maximum absolute atomic E-state index is 5.40. The fourth-order valence-corrected chi connectivity index (χ4v) is 2.08. The van der Waals surface area contributed by atoms with Gasteiger partial charge in [-0.15, -0.1) is 0 Å². The van der Waals surface area contributed by atoms with Crippen molar-refractivity contribution < 1.29 is 14.2 Å². The Balaban J connectivity index is 1.97. The van der Waals surface area contributed by atoms with E-state index in [1.54, 1.807) is 27.5 Å². The Morgan fingerprint density at radius 3 is 2.38 bits per heavy atom. The lowest BCUT2D eigenvalue weighted by Gasteiger charge is -2.14. The summed E-state index contributed by atoms with van der Waals surface area (Å²) in [5.41, 5.74) is 1.02. The van der Waals surface area contributed by atoms with E-state index in [9.17, 15) is 0 Å². The van der Waals surface area contributed by atoms with Crippen LogP contribution in [0.25, 0.3) is 0 Å². The van der Waals surface area contributed by atoms with Crippen molar-refractivity contribution in [1.82, 2.24) is 15.1 Å². The van der Waals surface area contributed by atoms with Crippen molar-refractivity contribution in [2.24, 2.45) is 0 Å². The second-order valence-electron chi connectivity index (χ2n) is 4.46. The third-order valence-electron chi connectivity index (χ3n) is 3.18. The van der Waals surface area contributed by atoms with Gasteiger partial charge >= 0.3 is 0 Å². The van der Waals surface area contributed by atoms with Crippen LogP contribution >= 0.6 is 0 Å². The molecule has 0 aliphatic rings. The molecule has 114 valence electrons. The number of benzene rings is 1. The number of rotatable bonds is 8. The van der Waals surface area contributed by atoms with Gasteiger partial charge in [0.1, 0.15) is 5.75 Å². The summed E-state index contributed by atoms with van der Waals surface area (Å²) < 4.78 is 17.9. The van der Waals surface area contributed by atoms with Crippen molar-refractivity contribution >= 4 is 0 Å². The summed E-state index contributed by atoms with van der Waals surface area (Å²) in [4.78, 5) is 0. The van der Waals surface area contributed by atoms with E-state index in [0.717, 1.165) is 24.4 Å². The lowest BCUT2D eigenvalue weighted by Crippen LogP contribution is -2.20. The number of hydrogen-bond donors (Lipinski definition) is 1. The van der Waals surface area contributed by atoms with E-state index in [4.69, 9.17) is 14.2 Å². The van der Waals surface area contributed by atoms with E-state index in [-0.39, 0.29) is 0 Å². The summed E-state index contributed by atoms with van der Waals surface area (Å²) in [6, 6.07) is 5.68. The summed E-state index contributed by atoms with van der Waals surface area (Å²) in [6.45, 7) is 2.33. The molecule has 2 rings (SSSR count). The molecule has 0 saturated carbocycles. The number of ether oxygens (including phenoxy) is 3. The van der Waals surface area contributed by atoms with Gasteiger partial charge in [0.25, 0.3) is 0 Å². The Morgan fingerprint density at radius 2 is 1.76 bits per heavy atom. The van der Waals surface area contributed by atoms with Crippen LogP contribution in [0, 0.1) is 0 Å². The van der Waals surface area contributed by atoms with E-state index in [1.807, 2.05) is 29.1 Å². The molecule has 1 aromatic heterocycles. The van der Waals surface area contributed by atoms with Crippen LogP contribution in [0.5, 0.6) is 17.2 Å². The third kappa shape index (κ3) is 3.88. The van der Waals surface area contributed by atoms with E-state index in [1.165, 1.54) is 0 Å². The lowest BCUT2D eigenvalue weighted by molar-refractivity contribution is 0.347. The van der Waals surface area contributed by atoms with E-state index in [0.29, 0.717) is 18.0 Å². The quantitative estimate of drug-likeness (QED) is 0.750. The second-order valence-corrected chi connectivity index (χ2v) is 4.46. The zero-order chi connectivity index (χ0) is 15.1. The zero-order valence-electron chi connectivity index (χ0n) is 12.6. The summed E-state index contributed by atoms with van der Waals surface area (Å²) >= 11 is 0. The first-order chi connectivity index (χ1) is 10.3. The molecule has 1 N–H and O–H groups in total. The fourth-order valence-electron chi connectivity index (χ4n) is 2.08. The molecule has 0 spiro atoms. The van der Waals surface area contributed by atoms with Crippen LogP contribution in [0.2, 0.25) is 0 Å². The smallest absolute Gasteiger partial charge is 0.164 e. The highest BCUT2D eigenvalue weighted by Crippen LogP contribution is 2.34. The molecule has 2 aromatic rings. The maximum atomic E-state index is 5.40. The molecule has 0 aliphatic carbocycles. The lowest BCUT2D eigenvalue weighted by atomic mass is 10.1. The van der Waals surface area contributed by atoms with Crippen LogP contribution in [0.1, 0.15) is 5.56 Å². The van der Waals surface area contributed by atoms with Crippen molar-refractivity contribution in [2.45, 2.75) is 13.1 Å². The maximum Gasteiger partial charge on any atom is 0.164 e. The van der Waals surface area contributed by atoms with Crippen molar-refractivity contribution in [3.05, 3.63) is 36.2 Å². The van der Waals surface area contributed by atoms with Gasteiger partial charge < -0.3 is 19.5 Å². The Morgan fingerprint density at radius 1 is 1.05 bits per heavy atom. The molecule has 21 heavy (non-hydrogen) atoms. The van der Waals surface area contributed by atoms with Crippen molar-refractivity contribution in [3.63, 3.8) is 0 Å². The molecule has 1 heterocycles. The second kappa shape index (κ2) is 7.54. The molecule has 0 unspecified atom stereocenters. The minimum Gasteiger partial charge on any atom is -0.496 e. The largest absolute Gasteiger partial charge is 0.496 e. The summed E-state index contributed by atoms with van der Waals surface area (Å²) in [5, 5.41) is 7.53. The van der Waals surface area contributed by atoms with Gasteiger partial charge in [0.05, 0.1) is 27.9 Å². The molecule has 0 radical (unpaired) electrons. The highest BCUT2D eigenvalue weighted by atomic mass is 16.5. The molecular weight excluding hydrogens is 270 g/mol. The highest BCUT2D eigenvalue weighted by Gasteiger charge is 2.11. The van der Waals surface area contributed by atoms with Gasteiger partial charge in [-0.2, -0.15) is 5.10 Å². The summed E-state index contributed by atoms with van der Waals surface area (Å²) in [7, 11) is 4.88. The number of methoxy groups -OCH3 is 3. The van der Waals surface area contributed by atoms with E-state index in [2.05, 4.69) is 10.4 Å². The SMILES string of the molecule is COc1cc(OC)c(OC)cc1CNCCn1cccn1. The van der Waals surface area contributed by atoms with Gasteiger partial charge in [0, 0.05) is 37.1 Å².